The molecule has 0 aromatic carbocycles. The van der Waals surface area contributed by atoms with Crippen LogP contribution in [0.4, 0.5) is 0 Å². The Morgan fingerprint density at radius 3 is 2.06 bits per heavy atom. The standard InChI is InChI=1S/C17H33N/c1-2-7-15-10-12-17(13-11-15)18-14-16-8-5-3-4-6-9-16/h15-18H,2-14H2,1H3. The maximum atomic E-state index is 3.88. The van der Waals surface area contributed by atoms with Gasteiger partial charge in [0.2, 0.25) is 0 Å². The molecular weight excluding hydrogens is 218 g/mol. The molecule has 0 atom stereocenters. The Labute approximate surface area is 114 Å². The van der Waals surface area contributed by atoms with E-state index >= 15 is 0 Å². The Kier molecular flexibility index (Phi) is 6.54. The number of hydrogen-bond donors (Lipinski definition) is 1. The SMILES string of the molecule is CCCC1CCC(NCC2CCCCCC2)CC1. The van der Waals surface area contributed by atoms with Gasteiger partial charge in [-0.3, -0.25) is 0 Å². The summed E-state index contributed by atoms with van der Waals surface area (Å²) in [6.45, 7) is 3.64. The molecule has 0 aromatic heterocycles. The van der Waals surface area contributed by atoms with Gasteiger partial charge in [0.1, 0.15) is 0 Å². The monoisotopic (exact) mass is 251 g/mol. The van der Waals surface area contributed by atoms with E-state index in [-0.39, 0.29) is 0 Å². The second-order valence-corrected chi connectivity index (χ2v) is 6.77. The highest BCUT2D eigenvalue weighted by Gasteiger charge is 2.21. The first kappa shape index (κ1) is 14.4. The van der Waals surface area contributed by atoms with Crippen LogP contribution in [0, 0.1) is 11.8 Å². The van der Waals surface area contributed by atoms with Crippen LogP contribution in [-0.2, 0) is 0 Å². The van der Waals surface area contributed by atoms with Crippen LogP contribution in [-0.4, -0.2) is 12.6 Å². The largest absolute Gasteiger partial charge is 0.314 e. The molecular formula is C17H33N. The van der Waals surface area contributed by atoms with Crippen LogP contribution < -0.4 is 5.32 Å². The van der Waals surface area contributed by atoms with E-state index in [1.807, 2.05) is 0 Å². The molecule has 0 radical (unpaired) electrons. The lowest BCUT2D eigenvalue weighted by Crippen LogP contribution is -2.36. The Hall–Kier alpha value is -0.0400. The van der Waals surface area contributed by atoms with Gasteiger partial charge in [-0.2, -0.15) is 0 Å². The zero-order chi connectivity index (χ0) is 12.6. The Bertz CT molecular complexity index is 198. The molecule has 106 valence electrons. The van der Waals surface area contributed by atoms with Crippen LogP contribution in [0.5, 0.6) is 0 Å². The highest BCUT2D eigenvalue weighted by atomic mass is 14.9. The van der Waals surface area contributed by atoms with E-state index in [9.17, 15) is 0 Å². The van der Waals surface area contributed by atoms with Crippen molar-refractivity contribution < 1.29 is 0 Å². The maximum Gasteiger partial charge on any atom is 0.00673 e. The van der Waals surface area contributed by atoms with Crippen molar-refractivity contribution in [1.29, 1.82) is 0 Å². The average Bonchev–Trinajstić information content (AvgIpc) is 2.67. The number of hydrogen-bond acceptors (Lipinski definition) is 1. The van der Waals surface area contributed by atoms with Gasteiger partial charge in [-0.05, 0) is 56.9 Å². The molecule has 2 rings (SSSR count). The van der Waals surface area contributed by atoms with Gasteiger partial charge in [-0.15, -0.1) is 0 Å². The fourth-order valence-electron chi connectivity index (χ4n) is 3.96. The molecule has 0 aromatic rings. The fourth-order valence-corrected chi connectivity index (χ4v) is 3.96. The highest BCUT2D eigenvalue weighted by molar-refractivity contribution is 4.78. The quantitative estimate of drug-likeness (QED) is 0.685. The van der Waals surface area contributed by atoms with Crippen LogP contribution in [0.2, 0.25) is 0 Å². The first-order valence-electron chi connectivity index (χ1n) is 8.62. The molecule has 0 heterocycles. The molecule has 2 saturated carbocycles. The van der Waals surface area contributed by atoms with E-state index in [0.29, 0.717) is 0 Å². The normalized spacial score (nSPS) is 31.2. The van der Waals surface area contributed by atoms with Crippen molar-refractivity contribution in [3.05, 3.63) is 0 Å². The van der Waals surface area contributed by atoms with Crippen LogP contribution in [0.3, 0.4) is 0 Å². The third kappa shape index (κ3) is 4.91. The van der Waals surface area contributed by atoms with E-state index in [2.05, 4.69) is 12.2 Å². The molecule has 1 N–H and O–H groups in total. The van der Waals surface area contributed by atoms with Gasteiger partial charge < -0.3 is 5.32 Å². The summed E-state index contributed by atoms with van der Waals surface area (Å²) in [5, 5.41) is 3.88. The van der Waals surface area contributed by atoms with Crippen molar-refractivity contribution in [2.75, 3.05) is 6.54 Å². The first-order valence-corrected chi connectivity index (χ1v) is 8.62. The lowest BCUT2D eigenvalue weighted by Gasteiger charge is -2.30. The van der Waals surface area contributed by atoms with Gasteiger partial charge in [0.15, 0.2) is 0 Å². The summed E-state index contributed by atoms with van der Waals surface area (Å²) in [6.07, 6.45) is 17.6. The smallest absolute Gasteiger partial charge is 0.00673 e. The third-order valence-electron chi connectivity index (χ3n) is 5.21. The molecule has 2 fully saturated rings. The minimum Gasteiger partial charge on any atom is -0.314 e. The van der Waals surface area contributed by atoms with E-state index in [1.54, 1.807) is 0 Å². The fraction of sp³-hybridized carbons (Fsp3) is 1.00. The summed E-state index contributed by atoms with van der Waals surface area (Å²) in [7, 11) is 0. The van der Waals surface area contributed by atoms with Gasteiger partial charge in [0, 0.05) is 6.04 Å². The predicted molar refractivity (Wildman–Crippen MR) is 79.8 cm³/mol. The Morgan fingerprint density at radius 1 is 0.778 bits per heavy atom. The Balaban J connectivity index is 1.59. The maximum absolute atomic E-state index is 3.88. The first-order chi connectivity index (χ1) is 8.88. The molecule has 2 aliphatic carbocycles. The van der Waals surface area contributed by atoms with Crippen molar-refractivity contribution in [1.82, 2.24) is 5.32 Å². The summed E-state index contributed by atoms with van der Waals surface area (Å²) >= 11 is 0. The van der Waals surface area contributed by atoms with Crippen molar-refractivity contribution in [2.45, 2.75) is 90.0 Å². The van der Waals surface area contributed by atoms with Crippen LogP contribution in [0.1, 0.15) is 84.0 Å². The minimum atomic E-state index is 0.848. The van der Waals surface area contributed by atoms with E-state index in [0.717, 1.165) is 17.9 Å². The van der Waals surface area contributed by atoms with Gasteiger partial charge >= 0.3 is 0 Å². The second-order valence-electron chi connectivity index (χ2n) is 6.77. The summed E-state index contributed by atoms with van der Waals surface area (Å²) < 4.78 is 0. The summed E-state index contributed by atoms with van der Waals surface area (Å²) in [6, 6.07) is 0.848. The second kappa shape index (κ2) is 8.19. The van der Waals surface area contributed by atoms with Crippen molar-refractivity contribution >= 4 is 0 Å². The van der Waals surface area contributed by atoms with Crippen molar-refractivity contribution in [2.24, 2.45) is 11.8 Å². The van der Waals surface area contributed by atoms with Gasteiger partial charge in [-0.25, -0.2) is 0 Å². The van der Waals surface area contributed by atoms with Crippen LogP contribution in [0.25, 0.3) is 0 Å². The zero-order valence-electron chi connectivity index (χ0n) is 12.4. The molecule has 2 aliphatic rings. The van der Waals surface area contributed by atoms with E-state index in [1.165, 1.54) is 83.6 Å². The third-order valence-corrected chi connectivity index (χ3v) is 5.21. The van der Waals surface area contributed by atoms with Gasteiger partial charge in [0.05, 0.1) is 0 Å². The molecule has 0 unspecified atom stereocenters. The predicted octanol–water partition coefficient (Wildman–Crippen LogP) is 4.91. The van der Waals surface area contributed by atoms with Gasteiger partial charge in [-0.1, -0.05) is 45.4 Å². The van der Waals surface area contributed by atoms with Crippen LogP contribution >= 0.6 is 0 Å². The lowest BCUT2D eigenvalue weighted by molar-refractivity contribution is 0.266. The van der Waals surface area contributed by atoms with E-state index < -0.39 is 0 Å². The summed E-state index contributed by atoms with van der Waals surface area (Å²) in [4.78, 5) is 0. The van der Waals surface area contributed by atoms with Crippen LogP contribution in [0.15, 0.2) is 0 Å². The highest BCUT2D eigenvalue weighted by Crippen LogP contribution is 2.28. The molecule has 0 amide bonds. The lowest BCUT2D eigenvalue weighted by atomic mass is 9.83. The topological polar surface area (TPSA) is 12.0 Å². The molecule has 1 nitrogen and oxygen atoms in total. The van der Waals surface area contributed by atoms with Crippen molar-refractivity contribution in [3.63, 3.8) is 0 Å². The minimum absolute atomic E-state index is 0.848. The zero-order valence-corrected chi connectivity index (χ0v) is 12.4. The number of rotatable bonds is 5. The average molecular weight is 251 g/mol. The molecule has 0 saturated heterocycles. The molecule has 0 aliphatic heterocycles. The summed E-state index contributed by atoms with van der Waals surface area (Å²) in [5.74, 6) is 2.03. The summed E-state index contributed by atoms with van der Waals surface area (Å²) in [5.41, 5.74) is 0. The molecule has 18 heavy (non-hydrogen) atoms. The molecule has 1 heteroatoms. The Morgan fingerprint density at radius 2 is 1.44 bits per heavy atom. The molecule has 0 spiro atoms. The number of nitrogens with one attached hydrogen (secondary N) is 1. The van der Waals surface area contributed by atoms with Crippen molar-refractivity contribution in [3.8, 4) is 0 Å². The molecule has 0 bridgehead atoms. The van der Waals surface area contributed by atoms with Gasteiger partial charge in [0.25, 0.3) is 0 Å². The van der Waals surface area contributed by atoms with E-state index in [4.69, 9.17) is 0 Å².